The Morgan fingerprint density at radius 2 is 2.50 bits per heavy atom. The molecule has 0 aliphatic rings. The summed E-state index contributed by atoms with van der Waals surface area (Å²) in [7, 11) is 0. The first-order valence-electron chi connectivity index (χ1n) is 3.97. The van der Waals surface area contributed by atoms with Gasteiger partial charge in [0.05, 0.1) is 6.54 Å². The number of hydrogen-bond acceptors (Lipinski definition) is 4. The van der Waals surface area contributed by atoms with Crippen LogP contribution in [0.2, 0.25) is 0 Å². The molecule has 0 unspecified atom stereocenters. The summed E-state index contributed by atoms with van der Waals surface area (Å²) in [6.07, 6.45) is 1.63. The predicted octanol–water partition coefficient (Wildman–Crippen LogP) is 1.02. The average molecular weight is 224 g/mol. The van der Waals surface area contributed by atoms with Gasteiger partial charge in [-0.1, -0.05) is 18.3 Å². The zero-order chi connectivity index (χ0) is 9.97. The van der Waals surface area contributed by atoms with Gasteiger partial charge in [-0.15, -0.1) is 16.4 Å². The molecule has 4 nitrogen and oxygen atoms in total. The molecule has 2 aromatic heterocycles. The van der Waals surface area contributed by atoms with E-state index in [1.807, 2.05) is 17.5 Å². The molecular formula is C8H8N4S2. The van der Waals surface area contributed by atoms with Gasteiger partial charge in [-0.2, -0.15) is 0 Å². The summed E-state index contributed by atoms with van der Waals surface area (Å²) in [6, 6.07) is 4.05. The van der Waals surface area contributed by atoms with Crippen molar-refractivity contribution in [3.05, 3.63) is 34.5 Å². The van der Waals surface area contributed by atoms with Crippen molar-refractivity contribution in [3.63, 3.8) is 0 Å². The summed E-state index contributed by atoms with van der Waals surface area (Å²) < 4.78 is 1.72. The van der Waals surface area contributed by atoms with E-state index >= 15 is 0 Å². The van der Waals surface area contributed by atoms with Gasteiger partial charge < -0.3 is 5.73 Å². The van der Waals surface area contributed by atoms with Gasteiger partial charge in [-0.3, -0.25) is 0 Å². The van der Waals surface area contributed by atoms with E-state index in [-0.39, 0.29) is 4.99 Å². The van der Waals surface area contributed by atoms with Crippen LogP contribution in [0.4, 0.5) is 0 Å². The summed E-state index contributed by atoms with van der Waals surface area (Å²) in [5, 5.41) is 6.16. The van der Waals surface area contributed by atoms with E-state index in [1.54, 1.807) is 22.3 Å². The molecule has 72 valence electrons. The average Bonchev–Trinajstić information content (AvgIpc) is 2.75. The van der Waals surface area contributed by atoms with Crippen LogP contribution in [0.3, 0.4) is 0 Å². The highest BCUT2D eigenvalue weighted by Gasteiger charge is 2.03. The molecule has 0 saturated heterocycles. The standard InChI is InChI=1S/C8H8N4S2/c9-7(13)8-10-5-12(11-8)4-6-2-1-3-14-6/h1-3,5H,4H2,(H2,9,13). The lowest BCUT2D eigenvalue weighted by Crippen LogP contribution is -2.12. The van der Waals surface area contributed by atoms with Gasteiger partial charge in [-0.25, -0.2) is 9.67 Å². The highest BCUT2D eigenvalue weighted by atomic mass is 32.1. The van der Waals surface area contributed by atoms with Crippen LogP contribution in [0, 0.1) is 0 Å². The second-order valence-electron chi connectivity index (χ2n) is 2.71. The maximum atomic E-state index is 5.40. The van der Waals surface area contributed by atoms with Crippen LogP contribution in [0.15, 0.2) is 23.8 Å². The van der Waals surface area contributed by atoms with Crippen LogP contribution < -0.4 is 5.73 Å². The minimum absolute atomic E-state index is 0.231. The van der Waals surface area contributed by atoms with E-state index in [0.29, 0.717) is 12.4 Å². The van der Waals surface area contributed by atoms with Crippen molar-refractivity contribution in [2.75, 3.05) is 0 Å². The number of nitrogens with two attached hydrogens (primary N) is 1. The second-order valence-corrected chi connectivity index (χ2v) is 4.18. The van der Waals surface area contributed by atoms with Crippen molar-refractivity contribution in [2.24, 2.45) is 5.73 Å². The van der Waals surface area contributed by atoms with Gasteiger partial charge in [0.15, 0.2) is 0 Å². The molecule has 2 heterocycles. The number of nitrogens with zero attached hydrogens (tertiary/aromatic N) is 3. The third kappa shape index (κ3) is 1.97. The molecule has 14 heavy (non-hydrogen) atoms. The van der Waals surface area contributed by atoms with Crippen LogP contribution in [-0.4, -0.2) is 19.8 Å². The first-order valence-corrected chi connectivity index (χ1v) is 5.26. The Labute approximate surface area is 90.4 Å². The Bertz CT molecular complexity index is 432. The van der Waals surface area contributed by atoms with E-state index in [4.69, 9.17) is 18.0 Å². The van der Waals surface area contributed by atoms with Crippen LogP contribution in [0.25, 0.3) is 0 Å². The third-order valence-electron chi connectivity index (χ3n) is 1.65. The van der Waals surface area contributed by atoms with Crippen LogP contribution in [0.5, 0.6) is 0 Å². The highest BCUT2D eigenvalue weighted by molar-refractivity contribution is 7.80. The molecule has 0 spiro atoms. The number of thiocarbonyl (C=S) groups is 1. The quantitative estimate of drug-likeness (QED) is 0.791. The molecule has 2 aromatic rings. The summed E-state index contributed by atoms with van der Waals surface area (Å²) in [5.74, 6) is 0.427. The van der Waals surface area contributed by atoms with Crippen molar-refractivity contribution in [1.82, 2.24) is 14.8 Å². The SMILES string of the molecule is NC(=S)c1ncn(Cc2cccs2)n1. The molecule has 0 saturated carbocycles. The number of thiophene rings is 1. The topological polar surface area (TPSA) is 56.7 Å². The molecule has 0 bridgehead atoms. The molecule has 0 amide bonds. The molecule has 0 aliphatic heterocycles. The van der Waals surface area contributed by atoms with Gasteiger partial charge in [-0.05, 0) is 11.4 Å². The minimum Gasteiger partial charge on any atom is -0.387 e. The zero-order valence-electron chi connectivity index (χ0n) is 7.25. The van der Waals surface area contributed by atoms with E-state index in [9.17, 15) is 0 Å². The van der Waals surface area contributed by atoms with Crippen LogP contribution in [0.1, 0.15) is 10.7 Å². The maximum absolute atomic E-state index is 5.40. The predicted molar refractivity (Wildman–Crippen MR) is 59.3 cm³/mol. The number of rotatable bonds is 3. The zero-order valence-corrected chi connectivity index (χ0v) is 8.88. The van der Waals surface area contributed by atoms with E-state index < -0.39 is 0 Å². The van der Waals surface area contributed by atoms with Crippen molar-refractivity contribution >= 4 is 28.5 Å². The van der Waals surface area contributed by atoms with Crippen LogP contribution in [-0.2, 0) is 6.54 Å². The van der Waals surface area contributed by atoms with Gasteiger partial charge in [0.1, 0.15) is 11.3 Å². The summed E-state index contributed by atoms with van der Waals surface area (Å²) in [6.45, 7) is 0.716. The summed E-state index contributed by atoms with van der Waals surface area (Å²) >= 11 is 6.45. The van der Waals surface area contributed by atoms with Gasteiger partial charge in [0.25, 0.3) is 0 Å². The Morgan fingerprint density at radius 1 is 1.64 bits per heavy atom. The van der Waals surface area contributed by atoms with Crippen molar-refractivity contribution in [1.29, 1.82) is 0 Å². The number of aromatic nitrogens is 3. The minimum atomic E-state index is 0.231. The highest BCUT2D eigenvalue weighted by Crippen LogP contribution is 2.09. The Kier molecular flexibility index (Phi) is 2.55. The number of hydrogen-bond donors (Lipinski definition) is 1. The lowest BCUT2D eigenvalue weighted by Gasteiger charge is -1.95. The van der Waals surface area contributed by atoms with Crippen LogP contribution >= 0.6 is 23.6 Å². The smallest absolute Gasteiger partial charge is 0.208 e. The molecule has 2 rings (SSSR count). The molecule has 0 fully saturated rings. The first-order chi connectivity index (χ1) is 6.75. The third-order valence-corrected chi connectivity index (χ3v) is 2.70. The first kappa shape index (κ1) is 9.29. The monoisotopic (exact) mass is 224 g/mol. The molecular weight excluding hydrogens is 216 g/mol. The van der Waals surface area contributed by atoms with Crippen molar-refractivity contribution in [2.45, 2.75) is 6.54 Å². The second kappa shape index (κ2) is 3.85. The van der Waals surface area contributed by atoms with Gasteiger partial charge in [0.2, 0.25) is 5.82 Å². The van der Waals surface area contributed by atoms with E-state index in [0.717, 1.165) is 0 Å². The fourth-order valence-corrected chi connectivity index (χ4v) is 1.84. The van der Waals surface area contributed by atoms with E-state index in [2.05, 4.69) is 10.1 Å². The summed E-state index contributed by atoms with van der Waals surface area (Å²) in [5.41, 5.74) is 5.40. The van der Waals surface area contributed by atoms with Gasteiger partial charge >= 0.3 is 0 Å². The largest absolute Gasteiger partial charge is 0.387 e. The Morgan fingerprint density at radius 3 is 3.07 bits per heavy atom. The normalized spacial score (nSPS) is 10.3. The fraction of sp³-hybridized carbons (Fsp3) is 0.125. The Hall–Kier alpha value is -1.27. The molecule has 0 aliphatic carbocycles. The maximum Gasteiger partial charge on any atom is 0.208 e. The Balaban J connectivity index is 2.14. The lowest BCUT2D eigenvalue weighted by molar-refractivity contribution is 0.691. The van der Waals surface area contributed by atoms with Crippen molar-refractivity contribution < 1.29 is 0 Å². The van der Waals surface area contributed by atoms with E-state index in [1.165, 1.54) is 4.88 Å². The molecule has 0 atom stereocenters. The molecule has 6 heteroatoms. The molecule has 2 N–H and O–H groups in total. The van der Waals surface area contributed by atoms with Gasteiger partial charge in [0, 0.05) is 4.88 Å². The summed E-state index contributed by atoms with van der Waals surface area (Å²) in [4.78, 5) is 5.44. The molecule has 0 radical (unpaired) electrons. The molecule has 0 aromatic carbocycles. The van der Waals surface area contributed by atoms with Crippen molar-refractivity contribution in [3.8, 4) is 0 Å². The lowest BCUT2D eigenvalue weighted by atomic mass is 10.5. The fourth-order valence-electron chi connectivity index (χ4n) is 1.05.